The maximum Gasteiger partial charge on any atom is 0.109 e. The van der Waals surface area contributed by atoms with Crippen LogP contribution in [-0.4, -0.2) is 10.2 Å². The number of rotatable bonds is 5. The van der Waals surface area contributed by atoms with Crippen LogP contribution in [0.2, 0.25) is 0 Å². The van der Waals surface area contributed by atoms with Crippen molar-refractivity contribution in [1.82, 2.24) is 10.2 Å². The molecule has 3 heterocycles. The summed E-state index contributed by atoms with van der Waals surface area (Å²) in [5, 5.41) is 14.1. The highest BCUT2D eigenvalue weighted by Crippen LogP contribution is 2.34. The Labute approximate surface area is 126 Å². The van der Waals surface area contributed by atoms with Crippen LogP contribution in [0.25, 0.3) is 10.2 Å². The Kier molecular flexibility index (Phi) is 3.98. The first-order chi connectivity index (χ1) is 9.79. The average Bonchev–Trinajstić information content (AvgIpc) is 3.07. The predicted molar refractivity (Wildman–Crippen MR) is 87.8 cm³/mol. The fourth-order valence-corrected chi connectivity index (χ4v) is 4.22. The quantitative estimate of drug-likeness (QED) is 0.747. The zero-order valence-electron chi connectivity index (χ0n) is 11.6. The van der Waals surface area contributed by atoms with E-state index in [0.29, 0.717) is 0 Å². The molecular formula is C15H17N3S2. The van der Waals surface area contributed by atoms with Gasteiger partial charge in [-0.15, -0.1) is 27.8 Å². The van der Waals surface area contributed by atoms with Gasteiger partial charge < -0.3 is 5.32 Å². The van der Waals surface area contributed by atoms with E-state index in [-0.39, 0.29) is 0 Å². The second-order valence-electron chi connectivity index (χ2n) is 4.77. The summed E-state index contributed by atoms with van der Waals surface area (Å²) in [4.78, 5) is 2.76. The normalized spacial score (nSPS) is 11.1. The molecule has 1 N–H and O–H groups in total. The van der Waals surface area contributed by atoms with Crippen molar-refractivity contribution in [3.05, 3.63) is 39.0 Å². The van der Waals surface area contributed by atoms with Crippen molar-refractivity contribution in [1.29, 1.82) is 0 Å². The molecule has 0 aliphatic carbocycles. The van der Waals surface area contributed by atoms with Gasteiger partial charge in [-0.1, -0.05) is 19.4 Å². The van der Waals surface area contributed by atoms with Crippen LogP contribution in [-0.2, 0) is 13.0 Å². The molecule has 0 fully saturated rings. The Bertz CT molecular complexity index is 701. The van der Waals surface area contributed by atoms with Gasteiger partial charge in [-0.3, -0.25) is 0 Å². The molecule has 0 aromatic carbocycles. The van der Waals surface area contributed by atoms with Crippen LogP contribution in [0, 0.1) is 6.92 Å². The minimum Gasteiger partial charge on any atom is -0.378 e. The highest BCUT2D eigenvalue weighted by atomic mass is 32.1. The van der Waals surface area contributed by atoms with Gasteiger partial charge in [0.25, 0.3) is 0 Å². The van der Waals surface area contributed by atoms with Crippen LogP contribution in [0.3, 0.4) is 0 Å². The molecule has 0 atom stereocenters. The summed E-state index contributed by atoms with van der Waals surface area (Å²) in [6.07, 6.45) is 4.12. The molecule has 0 radical (unpaired) electrons. The summed E-state index contributed by atoms with van der Waals surface area (Å²) in [5.74, 6) is 0. The first-order valence-electron chi connectivity index (χ1n) is 6.79. The van der Waals surface area contributed by atoms with Gasteiger partial charge in [0, 0.05) is 16.3 Å². The lowest BCUT2D eigenvalue weighted by atomic mass is 10.2. The van der Waals surface area contributed by atoms with Gasteiger partial charge in [0.2, 0.25) is 0 Å². The number of nitrogens with zero attached hydrogens (tertiary/aromatic N) is 2. The molecule has 3 rings (SSSR count). The van der Waals surface area contributed by atoms with E-state index in [1.165, 1.54) is 26.4 Å². The van der Waals surface area contributed by atoms with Crippen molar-refractivity contribution in [2.24, 2.45) is 0 Å². The summed E-state index contributed by atoms with van der Waals surface area (Å²) in [6, 6.07) is 4.22. The van der Waals surface area contributed by atoms with E-state index < -0.39 is 0 Å². The summed E-state index contributed by atoms with van der Waals surface area (Å²) in [6.45, 7) is 5.21. The third kappa shape index (κ3) is 2.55. The zero-order chi connectivity index (χ0) is 13.9. The zero-order valence-corrected chi connectivity index (χ0v) is 13.3. The van der Waals surface area contributed by atoms with Gasteiger partial charge in [-0.25, -0.2) is 0 Å². The number of fused-ring (bicyclic) bond motifs is 1. The lowest BCUT2D eigenvalue weighted by Gasteiger charge is -2.04. The van der Waals surface area contributed by atoms with Crippen LogP contribution in [0.4, 0.5) is 5.69 Å². The van der Waals surface area contributed by atoms with Crippen LogP contribution in [0.15, 0.2) is 23.7 Å². The number of hydrogen-bond donors (Lipinski definition) is 1. The number of aromatic nitrogens is 2. The molecule has 104 valence electrons. The molecular weight excluding hydrogens is 286 g/mol. The molecule has 0 saturated carbocycles. The number of thiophene rings is 2. The third-order valence-corrected chi connectivity index (χ3v) is 5.56. The Morgan fingerprint density at radius 3 is 3.00 bits per heavy atom. The molecule has 0 unspecified atom stereocenters. The summed E-state index contributed by atoms with van der Waals surface area (Å²) >= 11 is 3.62. The smallest absolute Gasteiger partial charge is 0.109 e. The largest absolute Gasteiger partial charge is 0.378 e. The molecule has 3 nitrogen and oxygen atoms in total. The number of hydrogen-bond acceptors (Lipinski definition) is 5. The number of anilines is 1. The molecule has 20 heavy (non-hydrogen) atoms. The molecule has 0 saturated heterocycles. The number of aryl methyl sites for hydroxylation is 2. The van der Waals surface area contributed by atoms with E-state index in [9.17, 15) is 0 Å². The highest BCUT2D eigenvalue weighted by Gasteiger charge is 2.13. The summed E-state index contributed by atoms with van der Waals surface area (Å²) in [7, 11) is 0. The molecule has 3 aromatic rings. The van der Waals surface area contributed by atoms with Gasteiger partial charge in [0.15, 0.2) is 0 Å². The second kappa shape index (κ2) is 5.89. The van der Waals surface area contributed by atoms with E-state index >= 15 is 0 Å². The van der Waals surface area contributed by atoms with Gasteiger partial charge in [0.1, 0.15) is 5.52 Å². The Balaban J connectivity index is 1.92. The van der Waals surface area contributed by atoms with Crippen molar-refractivity contribution >= 4 is 38.6 Å². The third-order valence-electron chi connectivity index (χ3n) is 3.31. The molecule has 0 bridgehead atoms. The maximum atomic E-state index is 4.31. The van der Waals surface area contributed by atoms with E-state index in [2.05, 4.69) is 46.9 Å². The molecule has 3 aromatic heterocycles. The molecule has 0 aliphatic rings. The van der Waals surface area contributed by atoms with Crippen molar-refractivity contribution in [3.8, 4) is 0 Å². The topological polar surface area (TPSA) is 37.8 Å². The monoisotopic (exact) mass is 303 g/mol. The van der Waals surface area contributed by atoms with Crippen LogP contribution in [0.5, 0.6) is 0 Å². The summed E-state index contributed by atoms with van der Waals surface area (Å²) in [5.41, 5.74) is 3.44. The number of nitrogens with one attached hydrogen (secondary N) is 1. The average molecular weight is 303 g/mol. The van der Waals surface area contributed by atoms with E-state index in [1.54, 1.807) is 11.3 Å². The Morgan fingerprint density at radius 1 is 1.35 bits per heavy atom. The fraction of sp³-hybridized carbons (Fsp3) is 0.333. The van der Waals surface area contributed by atoms with Crippen molar-refractivity contribution in [3.63, 3.8) is 0 Å². The minimum atomic E-state index is 0.846. The lowest BCUT2D eigenvalue weighted by Crippen LogP contribution is -1.98. The van der Waals surface area contributed by atoms with Crippen LogP contribution >= 0.6 is 22.7 Å². The Hall–Kier alpha value is -1.46. The minimum absolute atomic E-state index is 0.846. The first kappa shape index (κ1) is 13.5. The van der Waals surface area contributed by atoms with Crippen LogP contribution in [0.1, 0.15) is 28.7 Å². The lowest BCUT2D eigenvalue weighted by molar-refractivity contribution is 0.932. The van der Waals surface area contributed by atoms with Gasteiger partial charge in [-0.2, -0.15) is 5.10 Å². The molecule has 0 aliphatic heterocycles. The molecule has 0 amide bonds. The molecule has 0 spiro atoms. The van der Waals surface area contributed by atoms with Crippen molar-refractivity contribution in [2.75, 3.05) is 5.32 Å². The standard InChI is InChI=1S/C15H17N3S2/c1-3-5-13-10(2)14-15(20-13)12(9-17-18-14)16-8-11-6-4-7-19-11/h4,6-7,9H,3,5,8H2,1-2H3,(H,16,18). The van der Waals surface area contributed by atoms with Gasteiger partial charge >= 0.3 is 0 Å². The predicted octanol–water partition coefficient (Wildman–Crippen LogP) is 4.63. The van der Waals surface area contributed by atoms with Crippen molar-refractivity contribution in [2.45, 2.75) is 33.2 Å². The van der Waals surface area contributed by atoms with Gasteiger partial charge in [0.05, 0.1) is 16.6 Å². The van der Waals surface area contributed by atoms with E-state index in [0.717, 1.165) is 24.2 Å². The maximum absolute atomic E-state index is 4.31. The first-order valence-corrected chi connectivity index (χ1v) is 8.49. The van der Waals surface area contributed by atoms with Crippen LogP contribution < -0.4 is 5.32 Å². The Morgan fingerprint density at radius 2 is 2.25 bits per heavy atom. The SMILES string of the molecule is CCCc1sc2c(NCc3cccs3)cnnc2c1C. The van der Waals surface area contributed by atoms with E-state index in [4.69, 9.17) is 0 Å². The highest BCUT2D eigenvalue weighted by molar-refractivity contribution is 7.19. The van der Waals surface area contributed by atoms with E-state index in [1.807, 2.05) is 17.5 Å². The molecule has 5 heteroatoms. The van der Waals surface area contributed by atoms with Gasteiger partial charge in [-0.05, 0) is 30.4 Å². The summed E-state index contributed by atoms with van der Waals surface area (Å²) < 4.78 is 1.23. The second-order valence-corrected chi connectivity index (χ2v) is 6.91. The van der Waals surface area contributed by atoms with Crippen molar-refractivity contribution < 1.29 is 0 Å². The fourth-order valence-electron chi connectivity index (χ4n) is 2.24.